The average molecular weight is 310 g/mol. The third-order valence-corrected chi connectivity index (χ3v) is 4.20. The molecule has 0 aliphatic rings. The summed E-state index contributed by atoms with van der Waals surface area (Å²) in [4.78, 5) is -0.149. The van der Waals surface area contributed by atoms with Crippen LogP contribution in [0, 0.1) is 5.82 Å². The Balaban J connectivity index is 1.92. The minimum atomic E-state index is -3.78. The van der Waals surface area contributed by atoms with Gasteiger partial charge in [0.05, 0.1) is 5.69 Å². The largest absolute Gasteiger partial charge is 0.492 e. The molecule has 2 aromatic rings. The van der Waals surface area contributed by atoms with E-state index in [1.54, 1.807) is 12.1 Å². The third-order valence-electron chi connectivity index (χ3n) is 2.67. The highest BCUT2D eigenvalue weighted by Crippen LogP contribution is 2.18. The van der Waals surface area contributed by atoms with E-state index in [9.17, 15) is 12.8 Å². The number of rotatable bonds is 6. The van der Waals surface area contributed by atoms with Crippen LogP contribution in [0.2, 0.25) is 0 Å². The van der Waals surface area contributed by atoms with Gasteiger partial charge in [-0.3, -0.25) is 0 Å². The first-order chi connectivity index (χ1) is 9.99. The van der Waals surface area contributed by atoms with Gasteiger partial charge in [0, 0.05) is 6.54 Å². The van der Waals surface area contributed by atoms with Gasteiger partial charge in [0.1, 0.15) is 23.1 Å². The summed E-state index contributed by atoms with van der Waals surface area (Å²) >= 11 is 0. The van der Waals surface area contributed by atoms with Gasteiger partial charge in [0.15, 0.2) is 0 Å². The molecular weight excluding hydrogens is 295 g/mol. The van der Waals surface area contributed by atoms with Gasteiger partial charge in [-0.2, -0.15) is 0 Å². The quantitative estimate of drug-likeness (QED) is 0.629. The molecule has 0 unspecified atom stereocenters. The zero-order valence-electron chi connectivity index (χ0n) is 11.1. The Morgan fingerprint density at radius 2 is 1.86 bits per heavy atom. The number of anilines is 1. The van der Waals surface area contributed by atoms with Crippen molar-refractivity contribution in [2.24, 2.45) is 0 Å². The van der Waals surface area contributed by atoms with Gasteiger partial charge in [-0.25, -0.2) is 17.5 Å². The van der Waals surface area contributed by atoms with E-state index < -0.39 is 15.8 Å². The summed E-state index contributed by atoms with van der Waals surface area (Å²) in [6, 6.07) is 12.2. The van der Waals surface area contributed by atoms with E-state index in [0.717, 1.165) is 18.2 Å². The number of sulfonamides is 1. The van der Waals surface area contributed by atoms with Crippen molar-refractivity contribution < 1.29 is 17.5 Å². The number of para-hydroxylation sites is 1. The summed E-state index contributed by atoms with van der Waals surface area (Å²) in [5.74, 6) is 0.0665. The Bertz CT molecular complexity index is 705. The molecule has 0 amide bonds. The van der Waals surface area contributed by atoms with Crippen LogP contribution in [0.25, 0.3) is 0 Å². The molecule has 21 heavy (non-hydrogen) atoms. The molecule has 2 aromatic carbocycles. The lowest BCUT2D eigenvalue weighted by Gasteiger charge is -2.10. The second-order valence-corrected chi connectivity index (χ2v) is 5.98. The summed E-state index contributed by atoms with van der Waals surface area (Å²) in [5, 5.41) is 0. The van der Waals surface area contributed by atoms with Crippen LogP contribution in [0.4, 0.5) is 10.1 Å². The Morgan fingerprint density at radius 3 is 2.52 bits per heavy atom. The fraction of sp³-hybridized carbons (Fsp3) is 0.143. The van der Waals surface area contributed by atoms with Crippen molar-refractivity contribution in [3.8, 4) is 5.75 Å². The van der Waals surface area contributed by atoms with E-state index >= 15 is 0 Å². The topological polar surface area (TPSA) is 81.4 Å². The molecule has 2 rings (SSSR count). The second kappa shape index (κ2) is 6.55. The first-order valence-electron chi connectivity index (χ1n) is 6.21. The van der Waals surface area contributed by atoms with Crippen molar-refractivity contribution in [1.29, 1.82) is 0 Å². The monoisotopic (exact) mass is 310 g/mol. The summed E-state index contributed by atoms with van der Waals surface area (Å²) in [6.07, 6.45) is 0. The lowest BCUT2D eigenvalue weighted by molar-refractivity contribution is 0.323. The molecular formula is C14H15FN2O3S. The molecule has 3 N–H and O–H groups in total. The predicted octanol–water partition coefficient (Wildman–Crippen LogP) is 1.77. The maximum absolute atomic E-state index is 12.9. The van der Waals surface area contributed by atoms with Gasteiger partial charge in [-0.15, -0.1) is 0 Å². The van der Waals surface area contributed by atoms with Gasteiger partial charge in [-0.1, -0.05) is 18.2 Å². The molecule has 112 valence electrons. The number of hydrogen-bond donors (Lipinski definition) is 2. The van der Waals surface area contributed by atoms with Crippen LogP contribution in [0.3, 0.4) is 0 Å². The number of nitrogens with one attached hydrogen (secondary N) is 1. The van der Waals surface area contributed by atoms with Gasteiger partial charge in [0.25, 0.3) is 0 Å². The van der Waals surface area contributed by atoms with E-state index in [4.69, 9.17) is 10.5 Å². The highest BCUT2D eigenvalue weighted by molar-refractivity contribution is 7.89. The molecule has 0 atom stereocenters. The van der Waals surface area contributed by atoms with Crippen molar-refractivity contribution >= 4 is 15.7 Å². The molecule has 7 heteroatoms. The number of hydrogen-bond acceptors (Lipinski definition) is 4. The van der Waals surface area contributed by atoms with Gasteiger partial charge in [-0.05, 0) is 30.3 Å². The molecule has 5 nitrogen and oxygen atoms in total. The summed E-state index contributed by atoms with van der Waals surface area (Å²) in [7, 11) is -3.78. The fourth-order valence-electron chi connectivity index (χ4n) is 1.70. The van der Waals surface area contributed by atoms with E-state index in [1.165, 1.54) is 0 Å². The van der Waals surface area contributed by atoms with E-state index in [2.05, 4.69) is 4.72 Å². The standard InChI is InChI=1S/C14H15FN2O3S/c15-11-6-7-14(13(16)10-11)21(18,19)17-8-9-20-12-4-2-1-3-5-12/h1-7,10,17H,8-9,16H2. The van der Waals surface area contributed by atoms with Crippen molar-refractivity contribution in [3.05, 3.63) is 54.3 Å². The maximum atomic E-state index is 12.9. The minimum Gasteiger partial charge on any atom is -0.492 e. The van der Waals surface area contributed by atoms with Crippen LogP contribution in [0.1, 0.15) is 0 Å². The van der Waals surface area contributed by atoms with Gasteiger partial charge < -0.3 is 10.5 Å². The minimum absolute atomic E-state index is 0.0774. The Labute approximate surface area is 122 Å². The lowest BCUT2D eigenvalue weighted by Crippen LogP contribution is -2.28. The summed E-state index contributed by atoms with van der Waals surface area (Å²) in [5.41, 5.74) is 5.38. The fourth-order valence-corrected chi connectivity index (χ4v) is 2.83. The molecule has 0 spiro atoms. The summed E-state index contributed by atoms with van der Waals surface area (Å²) in [6.45, 7) is 0.248. The number of halogens is 1. The zero-order valence-corrected chi connectivity index (χ0v) is 11.9. The number of benzene rings is 2. The molecule has 0 saturated carbocycles. The Morgan fingerprint density at radius 1 is 1.14 bits per heavy atom. The van der Waals surface area contributed by atoms with Gasteiger partial charge in [0.2, 0.25) is 10.0 Å². The number of ether oxygens (including phenoxy) is 1. The van der Waals surface area contributed by atoms with Gasteiger partial charge >= 0.3 is 0 Å². The molecule has 0 bridgehead atoms. The van der Waals surface area contributed by atoms with Crippen LogP contribution in [-0.4, -0.2) is 21.6 Å². The van der Waals surface area contributed by atoms with Crippen molar-refractivity contribution in [3.63, 3.8) is 0 Å². The SMILES string of the molecule is Nc1cc(F)ccc1S(=O)(=O)NCCOc1ccccc1. The van der Waals surface area contributed by atoms with Crippen LogP contribution < -0.4 is 15.2 Å². The maximum Gasteiger partial charge on any atom is 0.242 e. The van der Waals surface area contributed by atoms with E-state index in [1.807, 2.05) is 18.2 Å². The molecule has 0 fully saturated rings. The molecule has 0 aliphatic carbocycles. The zero-order chi connectivity index (χ0) is 15.3. The summed E-state index contributed by atoms with van der Waals surface area (Å²) < 4.78 is 44.6. The van der Waals surface area contributed by atoms with Crippen LogP contribution in [0.5, 0.6) is 5.75 Å². The van der Waals surface area contributed by atoms with Crippen LogP contribution in [-0.2, 0) is 10.0 Å². The number of nitrogen functional groups attached to an aromatic ring is 1. The Hall–Kier alpha value is -2.12. The first kappa shape index (κ1) is 15.3. The average Bonchev–Trinajstić information content (AvgIpc) is 2.44. The highest BCUT2D eigenvalue weighted by Gasteiger charge is 2.17. The third kappa shape index (κ3) is 4.17. The lowest BCUT2D eigenvalue weighted by atomic mass is 10.3. The van der Waals surface area contributed by atoms with Crippen molar-refractivity contribution in [1.82, 2.24) is 4.72 Å². The van der Waals surface area contributed by atoms with Crippen molar-refractivity contribution in [2.75, 3.05) is 18.9 Å². The van der Waals surface area contributed by atoms with Crippen molar-refractivity contribution in [2.45, 2.75) is 4.90 Å². The molecule has 0 aliphatic heterocycles. The normalized spacial score (nSPS) is 11.3. The second-order valence-electron chi connectivity index (χ2n) is 4.24. The molecule has 0 saturated heterocycles. The van der Waals surface area contributed by atoms with E-state index in [0.29, 0.717) is 5.75 Å². The highest BCUT2D eigenvalue weighted by atomic mass is 32.2. The number of nitrogens with two attached hydrogens (primary N) is 1. The predicted molar refractivity (Wildman–Crippen MR) is 77.9 cm³/mol. The van der Waals surface area contributed by atoms with Crippen LogP contribution >= 0.6 is 0 Å². The molecule has 0 aromatic heterocycles. The van der Waals surface area contributed by atoms with Crippen LogP contribution in [0.15, 0.2) is 53.4 Å². The van der Waals surface area contributed by atoms with E-state index in [-0.39, 0.29) is 23.7 Å². The Kier molecular flexibility index (Phi) is 4.77. The molecule has 0 heterocycles. The first-order valence-corrected chi connectivity index (χ1v) is 7.70. The smallest absolute Gasteiger partial charge is 0.242 e. The molecule has 0 radical (unpaired) electrons.